The average Bonchev–Trinajstić information content (AvgIpc) is 3.53. The fourth-order valence-corrected chi connectivity index (χ4v) is 4.28. The lowest BCUT2D eigenvalue weighted by atomic mass is 10.2. The standard InChI is InChI=1S/C23H21N5O3S2/c1-30-18-9-5-16(6-10-18)22-26-27-23(28(22)17-7-11-19(31-2)12-8-17)33-15-21(29)25-24-14-20-4-3-13-32-20/h3-14H,15H2,1-2H3,(H,25,29)/b24-14+. The van der Waals surface area contributed by atoms with Gasteiger partial charge in [-0.05, 0) is 60.0 Å². The summed E-state index contributed by atoms with van der Waals surface area (Å²) in [6, 6.07) is 19.0. The molecule has 0 saturated carbocycles. The van der Waals surface area contributed by atoms with Crippen molar-refractivity contribution in [3.8, 4) is 28.6 Å². The zero-order valence-electron chi connectivity index (χ0n) is 18.0. The molecule has 0 saturated heterocycles. The molecule has 0 fully saturated rings. The number of methoxy groups -OCH3 is 2. The first-order valence-electron chi connectivity index (χ1n) is 9.90. The molecular weight excluding hydrogens is 458 g/mol. The number of nitrogens with one attached hydrogen (secondary N) is 1. The Bertz CT molecular complexity index is 1220. The first-order valence-corrected chi connectivity index (χ1v) is 11.8. The largest absolute Gasteiger partial charge is 0.497 e. The van der Waals surface area contributed by atoms with Crippen molar-refractivity contribution in [1.82, 2.24) is 20.2 Å². The molecular formula is C23H21N5O3S2. The van der Waals surface area contributed by atoms with E-state index in [2.05, 4.69) is 20.7 Å². The number of carbonyl (C=O) groups excluding carboxylic acids is 1. The number of amides is 1. The van der Waals surface area contributed by atoms with Crippen LogP contribution in [-0.4, -0.2) is 46.9 Å². The van der Waals surface area contributed by atoms with Gasteiger partial charge in [0.2, 0.25) is 0 Å². The molecule has 0 aliphatic rings. The van der Waals surface area contributed by atoms with Crippen LogP contribution in [0, 0.1) is 0 Å². The highest BCUT2D eigenvalue weighted by molar-refractivity contribution is 7.99. The summed E-state index contributed by atoms with van der Waals surface area (Å²) in [5, 5.41) is 15.3. The Hall–Kier alpha value is -3.63. The Labute approximate surface area is 199 Å². The number of hydrogen-bond donors (Lipinski definition) is 1. The Morgan fingerprint density at radius 3 is 2.39 bits per heavy atom. The third kappa shape index (κ3) is 5.60. The van der Waals surface area contributed by atoms with E-state index in [-0.39, 0.29) is 11.7 Å². The van der Waals surface area contributed by atoms with Gasteiger partial charge in [0.15, 0.2) is 11.0 Å². The minimum Gasteiger partial charge on any atom is -0.497 e. The van der Waals surface area contributed by atoms with Crippen LogP contribution < -0.4 is 14.9 Å². The second-order valence-electron chi connectivity index (χ2n) is 6.67. The van der Waals surface area contributed by atoms with Crippen molar-refractivity contribution in [2.24, 2.45) is 5.10 Å². The number of hydrazone groups is 1. The third-order valence-corrected chi connectivity index (χ3v) is 6.30. The second-order valence-corrected chi connectivity index (χ2v) is 8.59. The minimum absolute atomic E-state index is 0.138. The molecule has 0 atom stereocenters. The predicted octanol–water partition coefficient (Wildman–Crippen LogP) is 4.26. The van der Waals surface area contributed by atoms with Gasteiger partial charge < -0.3 is 9.47 Å². The number of nitrogens with zero attached hydrogens (tertiary/aromatic N) is 4. The topological polar surface area (TPSA) is 90.6 Å². The molecule has 2 aromatic heterocycles. The van der Waals surface area contributed by atoms with Gasteiger partial charge in [0.05, 0.1) is 26.2 Å². The molecule has 1 N–H and O–H groups in total. The summed E-state index contributed by atoms with van der Waals surface area (Å²) in [5.41, 5.74) is 4.27. The molecule has 4 aromatic rings. The maximum absolute atomic E-state index is 12.3. The van der Waals surface area contributed by atoms with Crippen molar-refractivity contribution in [2.45, 2.75) is 5.16 Å². The molecule has 0 radical (unpaired) electrons. The molecule has 0 aliphatic heterocycles. The number of hydrogen-bond acceptors (Lipinski definition) is 8. The van der Waals surface area contributed by atoms with Crippen molar-refractivity contribution in [3.05, 3.63) is 70.9 Å². The summed E-state index contributed by atoms with van der Waals surface area (Å²) in [6.07, 6.45) is 1.62. The summed E-state index contributed by atoms with van der Waals surface area (Å²) in [6.45, 7) is 0. The SMILES string of the molecule is COc1ccc(-c2nnc(SCC(=O)N/N=C/c3cccs3)n2-c2ccc(OC)cc2)cc1. The number of ether oxygens (including phenoxy) is 2. The van der Waals surface area contributed by atoms with Crippen LogP contribution in [0.3, 0.4) is 0 Å². The van der Waals surface area contributed by atoms with Gasteiger partial charge >= 0.3 is 0 Å². The molecule has 0 unspecified atom stereocenters. The van der Waals surface area contributed by atoms with E-state index in [0.29, 0.717) is 11.0 Å². The lowest BCUT2D eigenvalue weighted by Crippen LogP contribution is -2.19. The fraction of sp³-hybridized carbons (Fsp3) is 0.130. The number of aromatic nitrogens is 3. The molecule has 8 nitrogen and oxygen atoms in total. The van der Waals surface area contributed by atoms with Crippen LogP contribution in [0.4, 0.5) is 0 Å². The van der Waals surface area contributed by atoms with Gasteiger partial charge in [-0.1, -0.05) is 17.8 Å². The molecule has 2 aromatic carbocycles. The minimum atomic E-state index is -0.233. The number of thioether (sulfide) groups is 1. The summed E-state index contributed by atoms with van der Waals surface area (Å²) >= 11 is 2.83. The second kappa shape index (κ2) is 10.8. The highest BCUT2D eigenvalue weighted by Crippen LogP contribution is 2.29. The first kappa shape index (κ1) is 22.6. The van der Waals surface area contributed by atoms with Crippen molar-refractivity contribution >= 4 is 35.2 Å². The van der Waals surface area contributed by atoms with Gasteiger partial charge in [0.1, 0.15) is 11.5 Å². The van der Waals surface area contributed by atoms with Gasteiger partial charge in [0, 0.05) is 16.1 Å². The van der Waals surface area contributed by atoms with Gasteiger partial charge in [-0.25, -0.2) is 5.43 Å². The molecule has 2 heterocycles. The van der Waals surface area contributed by atoms with Gasteiger partial charge in [-0.2, -0.15) is 5.10 Å². The zero-order chi connectivity index (χ0) is 23.0. The van der Waals surface area contributed by atoms with Crippen molar-refractivity contribution < 1.29 is 14.3 Å². The lowest BCUT2D eigenvalue weighted by Gasteiger charge is -2.11. The lowest BCUT2D eigenvalue weighted by molar-refractivity contribution is -0.118. The third-order valence-electron chi connectivity index (χ3n) is 4.57. The molecule has 0 bridgehead atoms. The first-order chi connectivity index (χ1) is 16.2. The highest BCUT2D eigenvalue weighted by atomic mass is 32.2. The van der Waals surface area contributed by atoms with Crippen LogP contribution in [0.25, 0.3) is 17.1 Å². The van der Waals surface area contributed by atoms with Crippen LogP contribution in [0.2, 0.25) is 0 Å². The smallest absolute Gasteiger partial charge is 0.250 e. The number of rotatable bonds is 9. The summed E-state index contributed by atoms with van der Waals surface area (Å²) in [5.74, 6) is 2.06. The molecule has 168 valence electrons. The molecule has 10 heteroatoms. The number of thiophene rings is 1. The van der Waals surface area contributed by atoms with E-state index in [1.807, 2.05) is 70.6 Å². The van der Waals surface area contributed by atoms with Crippen molar-refractivity contribution in [2.75, 3.05) is 20.0 Å². The van der Waals surface area contributed by atoms with Crippen molar-refractivity contribution in [1.29, 1.82) is 0 Å². The van der Waals surface area contributed by atoms with Crippen LogP contribution in [0.1, 0.15) is 4.88 Å². The van der Waals surface area contributed by atoms with Gasteiger partial charge in [0.25, 0.3) is 5.91 Å². The summed E-state index contributed by atoms with van der Waals surface area (Å²) < 4.78 is 12.4. The van der Waals surface area contributed by atoms with Gasteiger partial charge in [-0.3, -0.25) is 9.36 Å². The summed E-state index contributed by atoms with van der Waals surface area (Å²) in [7, 11) is 3.25. The molecule has 33 heavy (non-hydrogen) atoms. The summed E-state index contributed by atoms with van der Waals surface area (Å²) in [4.78, 5) is 13.3. The maximum atomic E-state index is 12.3. The fourth-order valence-electron chi connectivity index (χ4n) is 2.95. The van der Waals surface area contributed by atoms with E-state index in [1.165, 1.54) is 11.8 Å². The number of benzene rings is 2. The maximum Gasteiger partial charge on any atom is 0.250 e. The van der Waals surface area contributed by atoms with Gasteiger partial charge in [-0.15, -0.1) is 21.5 Å². The quantitative estimate of drug-likeness (QED) is 0.219. The van der Waals surface area contributed by atoms with E-state index in [9.17, 15) is 4.79 Å². The zero-order valence-corrected chi connectivity index (χ0v) is 19.6. The predicted molar refractivity (Wildman–Crippen MR) is 131 cm³/mol. The number of carbonyl (C=O) groups is 1. The van der Waals surface area contributed by atoms with E-state index >= 15 is 0 Å². The monoisotopic (exact) mass is 479 g/mol. The van der Waals surface area contributed by atoms with E-state index in [1.54, 1.807) is 31.8 Å². The molecule has 0 spiro atoms. The Morgan fingerprint density at radius 2 is 1.76 bits per heavy atom. The van der Waals surface area contributed by atoms with E-state index in [4.69, 9.17) is 9.47 Å². The molecule has 0 aliphatic carbocycles. The van der Waals surface area contributed by atoms with Crippen LogP contribution in [0.15, 0.2) is 76.3 Å². The molecule has 1 amide bonds. The Kier molecular flexibility index (Phi) is 7.38. The van der Waals surface area contributed by atoms with Crippen molar-refractivity contribution in [3.63, 3.8) is 0 Å². The van der Waals surface area contributed by atoms with E-state index in [0.717, 1.165) is 27.6 Å². The Balaban J connectivity index is 1.56. The molecule has 4 rings (SSSR count). The van der Waals surface area contributed by atoms with E-state index < -0.39 is 0 Å². The highest BCUT2D eigenvalue weighted by Gasteiger charge is 2.17. The van der Waals surface area contributed by atoms with Crippen LogP contribution >= 0.6 is 23.1 Å². The van der Waals surface area contributed by atoms with Crippen LogP contribution in [0.5, 0.6) is 11.5 Å². The average molecular weight is 480 g/mol. The normalized spacial score (nSPS) is 11.0. The van der Waals surface area contributed by atoms with Crippen LogP contribution in [-0.2, 0) is 4.79 Å². The Morgan fingerprint density at radius 1 is 1.06 bits per heavy atom.